The van der Waals surface area contributed by atoms with E-state index < -0.39 is 0 Å². The van der Waals surface area contributed by atoms with Crippen LogP contribution in [0.4, 0.5) is 0 Å². The fourth-order valence-electron chi connectivity index (χ4n) is 2.54. The van der Waals surface area contributed by atoms with E-state index in [1.165, 1.54) is 32.1 Å². The van der Waals surface area contributed by atoms with Crippen LogP contribution in [0.2, 0.25) is 0 Å². The standard InChI is InChI=1S/C13H19BrN2O/c1-9(10-5-3-2-4-6-10)16-13(17)12-7-11(14)8-15-12/h7-10,15H,2-6H2,1H3,(H,16,17). The topological polar surface area (TPSA) is 44.9 Å². The molecule has 1 aromatic heterocycles. The molecule has 1 fully saturated rings. The lowest BCUT2D eigenvalue weighted by Crippen LogP contribution is -2.39. The van der Waals surface area contributed by atoms with Crippen LogP contribution in [0.5, 0.6) is 0 Å². The van der Waals surface area contributed by atoms with Crippen molar-refractivity contribution in [2.24, 2.45) is 5.92 Å². The zero-order valence-electron chi connectivity index (χ0n) is 10.1. The molecule has 4 heteroatoms. The van der Waals surface area contributed by atoms with Gasteiger partial charge in [0, 0.05) is 16.7 Å². The van der Waals surface area contributed by atoms with Crippen LogP contribution in [-0.4, -0.2) is 16.9 Å². The average Bonchev–Trinajstić information content (AvgIpc) is 2.77. The van der Waals surface area contributed by atoms with E-state index >= 15 is 0 Å². The van der Waals surface area contributed by atoms with Crippen molar-refractivity contribution < 1.29 is 4.79 Å². The Bertz CT molecular complexity index is 383. The van der Waals surface area contributed by atoms with Gasteiger partial charge in [0.05, 0.1) is 0 Å². The van der Waals surface area contributed by atoms with E-state index in [4.69, 9.17) is 0 Å². The Morgan fingerprint density at radius 3 is 2.76 bits per heavy atom. The van der Waals surface area contributed by atoms with Crippen molar-refractivity contribution in [3.63, 3.8) is 0 Å². The molecule has 1 unspecified atom stereocenters. The maximum Gasteiger partial charge on any atom is 0.267 e. The van der Waals surface area contributed by atoms with Crippen LogP contribution in [0.1, 0.15) is 49.5 Å². The van der Waals surface area contributed by atoms with E-state index in [2.05, 4.69) is 33.2 Å². The Balaban J connectivity index is 1.89. The molecule has 1 heterocycles. The molecule has 2 N–H and O–H groups in total. The predicted octanol–water partition coefficient (Wildman–Crippen LogP) is 3.48. The van der Waals surface area contributed by atoms with Crippen molar-refractivity contribution in [2.45, 2.75) is 45.1 Å². The molecule has 0 spiro atoms. The van der Waals surface area contributed by atoms with Crippen molar-refractivity contribution in [1.82, 2.24) is 10.3 Å². The minimum Gasteiger partial charge on any atom is -0.356 e. The first-order valence-corrected chi connectivity index (χ1v) is 7.11. The number of hydrogen-bond donors (Lipinski definition) is 2. The first-order valence-electron chi connectivity index (χ1n) is 6.31. The minimum atomic E-state index is -0.00577. The second-order valence-corrected chi connectivity index (χ2v) is 5.81. The van der Waals surface area contributed by atoms with Crippen LogP contribution in [0.15, 0.2) is 16.7 Å². The molecule has 0 aromatic carbocycles. The summed E-state index contributed by atoms with van der Waals surface area (Å²) in [4.78, 5) is 14.9. The summed E-state index contributed by atoms with van der Waals surface area (Å²) in [6, 6.07) is 2.08. The van der Waals surface area contributed by atoms with Gasteiger partial charge in [-0.15, -0.1) is 0 Å². The van der Waals surface area contributed by atoms with Crippen LogP contribution >= 0.6 is 15.9 Å². The molecule has 1 aliphatic carbocycles. The highest BCUT2D eigenvalue weighted by Gasteiger charge is 2.22. The van der Waals surface area contributed by atoms with Gasteiger partial charge in [-0.2, -0.15) is 0 Å². The monoisotopic (exact) mass is 298 g/mol. The minimum absolute atomic E-state index is 0.00577. The second kappa shape index (κ2) is 5.71. The number of amides is 1. The lowest BCUT2D eigenvalue weighted by molar-refractivity contribution is 0.0915. The number of halogens is 1. The summed E-state index contributed by atoms with van der Waals surface area (Å²) in [6.07, 6.45) is 8.23. The van der Waals surface area contributed by atoms with Gasteiger partial charge in [0.15, 0.2) is 0 Å². The first-order chi connectivity index (χ1) is 8.16. The number of aromatic amines is 1. The van der Waals surface area contributed by atoms with Gasteiger partial charge in [0.1, 0.15) is 5.69 Å². The van der Waals surface area contributed by atoms with Gasteiger partial charge in [-0.25, -0.2) is 0 Å². The maximum absolute atomic E-state index is 11.9. The number of carbonyl (C=O) groups excluding carboxylic acids is 1. The molecule has 0 radical (unpaired) electrons. The Morgan fingerprint density at radius 2 is 2.18 bits per heavy atom. The molecule has 94 valence electrons. The molecule has 0 aliphatic heterocycles. The normalized spacial score (nSPS) is 18.9. The molecular formula is C13H19BrN2O. The molecular weight excluding hydrogens is 280 g/mol. The van der Waals surface area contributed by atoms with Crippen molar-refractivity contribution >= 4 is 21.8 Å². The fourth-order valence-corrected chi connectivity index (χ4v) is 2.88. The average molecular weight is 299 g/mol. The number of hydrogen-bond acceptors (Lipinski definition) is 1. The van der Waals surface area contributed by atoms with E-state index in [0.29, 0.717) is 11.6 Å². The van der Waals surface area contributed by atoms with Crippen LogP contribution < -0.4 is 5.32 Å². The molecule has 3 nitrogen and oxygen atoms in total. The molecule has 1 aromatic rings. The maximum atomic E-state index is 11.9. The number of aromatic nitrogens is 1. The molecule has 1 atom stereocenters. The molecule has 0 saturated heterocycles. The van der Waals surface area contributed by atoms with Gasteiger partial charge < -0.3 is 10.3 Å². The van der Waals surface area contributed by atoms with E-state index in [1.807, 2.05) is 6.07 Å². The number of H-pyrrole nitrogens is 1. The molecule has 1 saturated carbocycles. The summed E-state index contributed by atoms with van der Waals surface area (Å²) in [6.45, 7) is 2.12. The van der Waals surface area contributed by atoms with Gasteiger partial charge in [-0.3, -0.25) is 4.79 Å². The third-order valence-electron chi connectivity index (χ3n) is 3.61. The summed E-state index contributed by atoms with van der Waals surface area (Å²) in [7, 11) is 0. The Morgan fingerprint density at radius 1 is 1.47 bits per heavy atom. The van der Waals surface area contributed by atoms with Gasteiger partial charge in [-0.05, 0) is 47.7 Å². The predicted molar refractivity (Wildman–Crippen MR) is 72.0 cm³/mol. The molecule has 1 aliphatic rings. The van der Waals surface area contributed by atoms with Gasteiger partial charge in [-0.1, -0.05) is 19.3 Å². The molecule has 1 amide bonds. The highest BCUT2D eigenvalue weighted by molar-refractivity contribution is 9.10. The third-order valence-corrected chi connectivity index (χ3v) is 4.07. The lowest BCUT2D eigenvalue weighted by Gasteiger charge is -2.28. The zero-order valence-corrected chi connectivity index (χ0v) is 11.7. The number of rotatable bonds is 3. The summed E-state index contributed by atoms with van der Waals surface area (Å²) in [5, 5.41) is 3.09. The van der Waals surface area contributed by atoms with Crippen LogP contribution in [-0.2, 0) is 0 Å². The quantitative estimate of drug-likeness (QED) is 0.882. The Hall–Kier alpha value is -0.770. The SMILES string of the molecule is CC(NC(=O)c1cc(Br)c[nH]1)C1CCCCC1. The summed E-state index contributed by atoms with van der Waals surface area (Å²) >= 11 is 3.33. The molecule has 2 rings (SSSR count). The highest BCUT2D eigenvalue weighted by Crippen LogP contribution is 2.26. The fraction of sp³-hybridized carbons (Fsp3) is 0.615. The van der Waals surface area contributed by atoms with Gasteiger partial charge in [0.25, 0.3) is 5.91 Å². The van der Waals surface area contributed by atoms with Gasteiger partial charge in [0.2, 0.25) is 0 Å². The Kier molecular flexibility index (Phi) is 4.26. The summed E-state index contributed by atoms with van der Waals surface area (Å²) in [5.41, 5.74) is 0.625. The molecule has 0 bridgehead atoms. The highest BCUT2D eigenvalue weighted by atomic mass is 79.9. The smallest absolute Gasteiger partial charge is 0.267 e. The first kappa shape index (κ1) is 12.7. The zero-order chi connectivity index (χ0) is 12.3. The van der Waals surface area contributed by atoms with E-state index in [1.54, 1.807) is 6.20 Å². The number of carbonyl (C=O) groups is 1. The van der Waals surface area contributed by atoms with E-state index in [0.717, 1.165) is 4.47 Å². The van der Waals surface area contributed by atoms with Gasteiger partial charge >= 0.3 is 0 Å². The van der Waals surface area contributed by atoms with Crippen LogP contribution in [0, 0.1) is 5.92 Å². The van der Waals surface area contributed by atoms with Crippen molar-refractivity contribution in [3.05, 3.63) is 22.4 Å². The second-order valence-electron chi connectivity index (χ2n) is 4.89. The van der Waals surface area contributed by atoms with E-state index in [-0.39, 0.29) is 11.9 Å². The van der Waals surface area contributed by atoms with Crippen LogP contribution in [0.25, 0.3) is 0 Å². The van der Waals surface area contributed by atoms with E-state index in [9.17, 15) is 4.79 Å². The van der Waals surface area contributed by atoms with Crippen molar-refractivity contribution in [2.75, 3.05) is 0 Å². The number of nitrogens with one attached hydrogen (secondary N) is 2. The van der Waals surface area contributed by atoms with Crippen molar-refractivity contribution in [1.29, 1.82) is 0 Å². The molecule has 17 heavy (non-hydrogen) atoms. The Labute approximate surface area is 110 Å². The van der Waals surface area contributed by atoms with Crippen LogP contribution in [0.3, 0.4) is 0 Å². The largest absolute Gasteiger partial charge is 0.356 e. The summed E-state index contributed by atoms with van der Waals surface area (Å²) in [5.74, 6) is 0.639. The van der Waals surface area contributed by atoms with Crippen molar-refractivity contribution in [3.8, 4) is 0 Å². The lowest BCUT2D eigenvalue weighted by atomic mass is 9.84. The third kappa shape index (κ3) is 3.35. The summed E-state index contributed by atoms with van der Waals surface area (Å²) < 4.78 is 0.910.